The Kier molecular flexibility index (Phi) is 20.4. The molecule has 0 radical (unpaired) electrons. The van der Waals surface area contributed by atoms with Crippen LogP contribution in [0.4, 0.5) is 32.3 Å². The van der Waals surface area contributed by atoms with E-state index >= 15 is 0 Å². The molecule has 0 bridgehead atoms. The van der Waals surface area contributed by atoms with Crippen LogP contribution in [0.5, 0.6) is 0 Å². The number of hydrogen-bond donors (Lipinski definition) is 10. The van der Waals surface area contributed by atoms with Crippen LogP contribution in [0.3, 0.4) is 0 Å². The van der Waals surface area contributed by atoms with Crippen molar-refractivity contribution in [3.05, 3.63) is 160 Å². The Hall–Kier alpha value is -10.2. The van der Waals surface area contributed by atoms with Gasteiger partial charge in [0.05, 0.1) is 52.7 Å². The number of benzene rings is 4. The number of anilines is 4. The minimum atomic E-state index is -4.21. The number of thiocarbonyl (C=S) groups is 1. The number of nitrogens with zero attached hydrogens (tertiary/aromatic N) is 4. The lowest BCUT2D eigenvalue weighted by Crippen LogP contribution is -2.57. The predicted molar refractivity (Wildman–Crippen MR) is 347 cm³/mol. The van der Waals surface area contributed by atoms with Gasteiger partial charge in [0.2, 0.25) is 17.4 Å². The van der Waals surface area contributed by atoms with Crippen molar-refractivity contribution in [2.45, 2.75) is 121 Å². The number of H-pyrrole nitrogens is 1. The molecule has 0 saturated carbocycles. The normalized spacial score (nSPS) is 16.4. The molecule has 26 nitrogen and oxygen atoms in total. The maximum absolute atomic E-state index is 14.7. The van der Waals surface area contributed by atoms with Gasteiger partial charge in [0.1, 0.15) is 24.7 Å². The number of carboxylic acid groups (broad SMARTS) is 1. The molecular formula is C64H71N13O13S2. The fourth-order valence-corrected chi connectivity index (χ4v) is 12.6. The Morgan fingerprint density at radius 2 is 1.59 bits per heavy atom. The average Bonchev–Trinajstić information content (AvgIpc) is 1.42. The number of aromatic amines is 1. The predicted octanol–water partition coefficient (Wildman–Crippen LogP) is 7.39. The number of imidazole rings is 1. The minimum absolute atomic E-state index is 0. The molecule has 1 saturated heterocycles. The highest BCUT2D eigenvalue weighted by atomic mass is 32.2. The number of nitrogens with one attached hydrogen (secondary N) is 9. The topological polar surface area (TPSA) is 355 Å². The van der Waals surface area contributed by atoms with Gasteiger partial charge >= 0.3 is 30.0 Å². The van der Waals surface area contributed by atoms with Crippen molar-refractivity contribution >= 4 is 103 Å². The molecule has 3 aliphatic rings. The van der Waals surface area contributed by atoms with Crippen molar-refractivity contribution in [1.82, 2.24) is 45.7 Å². The van der Waals surface area contributed by atoms with E-state index in [1.165, 1.54) is 59.8 Å². The molecule has 4 aromatic carbocycles. The first-order chi connectivity index (χ1) is 43.6. The maximum Gasteiger partial charge on any atom is 0.355 e. The third-order valence-electron chi connectivity index (χ3n) is 15.9. The second-order valence-electron chi connectivity index (χ2n) is 22.5. The number of aromatic nitrogens is 4. The van der Waals surface area contributed by atoms with E-state index in [9.17, 15) is 51.9 Å². The van der Waals surface area contributed by atoms with Crippen molar-refractivity contribution in [3.8, 4) is 11.4 Å². The van der Waals surface area contributed by atoms with Crippen LogP contribution in [0.2, 0.25) is 0 Å². The van der Waals surface area contributed by atoms with Gasteiger partial charge in [-0.05, 0) is 122 Å². The molecule has 0 aliphatic carbocycles. The summed E-state index contributed by atoms with van der Waals surface area (Å²) in [5, 5.41) is 30.2. The molecule has 6 amide bonds. The average molecular weight is 1290 g/mol. The molecule has 10 rings (SSSR count). The van der Waals surface area contributed by atoms with Crippen molar-refractivity contribution in [2.75, 3.05) is 33.8 Å². The SMILES string of the molecule is C.CCCNC(=O)Nc1cccc(S(=O)(=O)Nc2cccc(C(CC(=O)O)NC(=O)Nc3ccc(NC(=S)N[C@@H](Cc4cnc[nH]4)C(=O)N4CCC[C@H]4C(=O)N[C@H](C(=O)O[C@]4(CC)C(=O)OCc5c4cc4n(c5=O)Cc5cc6ccccc6nc5-4)C(C)C)cc3)c2)c1. The van der Waals surface area contributed by atoms with E-state index in [1.807, 2.05) is 37.3 Å². The van der Waals surface area contributed by atoms with Crippen LogP contribution >= 0.6 is 12.2 Å². The number of fused-ring (bicyclic) bond motifs is 5. The summed E-state index contributed by atoms with van der Waals surface area (Å²) in [4.78, 5) is 123. The number of carbonyl (C=O) groups excluding carboxylic acids is 6. The number of esters is 2. The van der Waals surface area contributed by atoms with E-state index < -0.39 is 99.5 Å². The van der Waals surface area contributed by atoms with Gasteiger partial charge in [0, 0.05) is 70.7 Å². The van der Waals surface area contributed by atoms with E-state index in [0.717, 1.165) is 10.9 Å². The summed E-state index contributed by atoms with van der Waals surface area (Å²) in [6.07, 6.45) is 3.80. The van der Waals surface area contributed by atoms with Crippen LogP contribution in [0.15, 0.2) is 131 Å². The number of rotatable bonds is 22. The highest BCUT2D eigenvalue weighted by Crippen LogP contribution is 2.41. The molecular weight excluding hydrogens is 1220 g/mol. The lowest BCUT2D eigenvalue weighted by atomic mass is 9.85. The van der Waals surface area contributed by atoms with Gasteiger partial charge in [-0.3, -0.25) is 23.9 Å². The third kappa shape index (κ3) is 14.7. The minimum Gasteiger partial charge on any atom is -0.481 e. The Morgan fingerprint density at radius 3 is 2.30 bits per heavy atom. The number of urea groups is 2. The molecule has 6 heterocycles. The van der Waals surface area contributed by atoms with Crippen molar-refractivity contribution in [1.29, 1.82) is 0 Å². The second-order valence-corrected chi connectivity index (χ2v) is 24.6. The molecule has 7 aromatic rings. The highest BCUT2D eigenvalue weighted by Gasteiger charge is 2.52. The quantitative estimate of drug-likeness (QED) is 0.0233. The summed E-state index contributed by atoms with van der Waals surface area (Å²) in [7, 11) is -4.21. The van der Waals surface area contributed by atoms with Crippen molar-refractivity contribution in [2.24, 2.45) is 5.92 Å². The number of pyridine rings is 2. The van der Waals surface area contributed by atoms with E-state index in [0.29, 0.717) is 53.4 Å². The van der Waals surface area contributed by atoms with Crippen LogP contribution in [0, 0.1) is 5.92 Å². The van der Waals surface area contributed by atoms with Gasteiger partial charge in [-0.1, -0.05) is 71.5 Å². The third-order valence-corrected chi connectivity index (χ3v) is 17.5. The number of para-hydroxylation sites is 1. The number of carbonyl (C=O) groups is 7. The molecule has 5 atom stereocenters. The number of sulfonamides is 1. The first kappa shape index (κ1) is 66.2. The van der Waals surface area contributed by atoms with Gasteiger partial charge in [0.25, 0.3) is 15.6 Å². The molecule has 10 N–H and O–H groups in total. The number of aliphatic carboxylic acids is 1. The summed E-state index contributed by atoms with van der Waals surface area (Å²) in [5.74, 6) is -4.76. The summed E-state index contributed by atoms with van der Waals surface area (Å²) >= 11 is 5.72. The smallest absolute Gasteiger partial charge is 0.355 e. The number of carboxylic acids is 1. The van der Waals surface area contributed by atoms with Crippen LogP contribution in [0.25, 0.3) is 22.3 Å². The number of hydrogen-bond acceptors (Lipinski definition) is 15. The molecule has 28 heteroatoms. The molecule has 1 unspecified atom stereocenters. The monoisotopic (exact) mass is 1290 g/mol. The van der Waals surface area contributed by atoms with E-state index in [1.54, 1.807) is 61.9 Å². The zero-order chi connectivity index (χ0) is 64.7. The Balaban J connectivity index is 0.00001000. The lowest BCUT2D eigenvalue weighted by molar-refractivity contribution is -0.191. The number of amides is 6. The first-order valence-electron chi connectivity index (χ1n) is 29.5. The number of likely N-dealkylation sites (tertiary alicyclic amines) is 1. The lowest BCUT2D eigenvalue weighted by Gasteiger charge is -2.37. The van der Waals surface area contributed by atoms with Gasteiger partial charge in [-0.25, -0.2) is 37.6 Å². The van der Waals surface area contributed by atoms with Gasteiger partial charge in [0.15, 0.2) is 5.11 Å². The maximum atomic E-state index is 14.7. The standard InChI is InChI=1S/C63H67N13O13S2.CH4/c1-5-23-65-60(84)68-41-14-10-16-44(27-41)91(86,87)74-42-15-9-13-37(26-42)48(30-52(77)78)71-61(85)67-39-19-21-40(22-20-39)69-62(90)72-49(28-43-31-64-34-66-43)57(81)75-24-11-18-50(75)55(79)73-53(35(3)4)58(82)89-63(6-2)46-29-51-54-38(25-36-12-7-8-17-47(36)70-54)32-76(51)56(80)45(46)33-88-59(63)83;/h7-10,12-17,19-22,25-27,29,31,34-35,48-50,53,74H,5-6,11,18,23-24,28,30,32-33H2,1-4H3,(H,64,66)(H,73,79)(H,77,78)(H2,65,68,84)(H2,67,71,85)(H2,69,72,90);1H4/t48?,49-,50-,53-,63-;/m0./s1. The van der Waals surface area contributed by atoms with Crippen LogP contribution < -0.4 is 47.5 Å². The zero-order valence-corrected chi connectivity index (χ0v) is 51.6. The number of ether oxygens (including phenoxy) is 2. The summed E-state index contributed by atoms with van der Waals surface area (Å²) in [5.41, 5.74) is 2.34. The van der Waals surface area contributed by atoms with E-state index in [2.05, 4.69) is 51.9 Å². The van der Waals surface area contributed by atoms with Crippen LogP contribution in [0.1, 0.15) is 101 Å². The van der Waals surface area contributed by atoms with Gasteiger partial charge < -0.3 is 66.2 Å². The summed E-state index contributed by atoms with van der Waals surface area (Å²) < 4.78 is 42.8. The largest absolute Gasteiger partial charge is 0.481 e. The van der Waals surface area contributed by atoms with Crippen molar-refractivity contribution < 1.29 is 56.6 Å². The second kappa shape index (κ2) is 28.3. The molecule has 482 valence electrons. The molecule has 3 aromatic heterocycles. The van der Waals surface area contributed by atoms with Crippen molar-refractivity contribution in [3.63, 3.8) is 0 Å². The Morgan fingerprint density at radius 1 is 0.859 bits per heavy atom. The fraction of sp³-hybridized carbons (Fsp3) is 0.328. The van der Waals surface area contributed by atoms with Crippen LogP contribution in [-0.2, 0) is 68.6 Å². The van der Waals surface area contributed by atoms with E-state index in [4.69, 9.17) is 26.7 Å². The first-order valence-corrected chi connectivity index (χ1v) is 31.4. The fourth-order valence-electron chi connectivity index (χ4n) is 11.3. The Labute approximate surface area is 535 Å². The Bertz CT molecular complexity index is 4160. The zero-order valence-electron chi connectivity index (χ0n) is 50.0. The van der Waals surface area contributed by atoms with Gasteiger partial charge in [-0.2, -0.15) is 0 Å². The molecule has 0 spiro atoms. The highest BCUT2D eigenvalue weighted by molar-refractivity contribution is 7.92. The van der Waals surface area contributed by atoms with Gasteiger partial charge in [-0.15, -0.1) is 0 Å². The van der Waals surface area contributed by atoms with E-state index in [-0.39, 0.29) is 84.5 Å². The summed E-state index contributed by atoms with van der Waals surface area (Å²) in [6, 6.07) is 23.2. The summed E-state index contributed by atoms with van der Waals surface area (Å²) in [6.45, 7) is 7.45. The van der Waals surface area contributed by atoms with Crippen LogP contribution in [-0.4, -0.2) is 116 Å². The molecule has 1 fully saturated rings. The molecule has 92 heavy (non-hydrogen) atoms. The number of cyclic esters (lactones) is 1. The molecule has 3 aliphatic heterocycles.